The summed E-state index contributed by atoms with van der Waals surface area (Å²) in [5.74, 6) is -1.13. The van der Waals surface area contributed by atoms with Crippen molar-refractivity contribution in [2.45, 2.75) is 4.90 Å². The van der Waals surface area contributed by atoms with E-state index in [9.17, 15) is 13.2 Å². The maximum absolute atomic E-state index is 11.9. The number of carboxylic acid groups (broad SMARTS) is 1. The van der Waals surface area contributed by atoms with Crippen LogP contribution in [0, 0.1) is 0 Å². The van der Waals surface area contributed by atoms with E-state index in [1.807, 2.05) is 0 Å². The molecule has 7 heteroatoms. The predicted molar refractivity (Wildman–Crippen MR) is 65.3 cm³/mol. The van der Waals surface area contributed by atoms with E-state index in [4.69, 9.17) is 9.84 Å². The van der Waals surface area contributed by atoms with Crippen molar-refractivity contribution >= 4 is 16.0 Å². The van der Waals surface area contributed by atoms with Gasteiger partial charge < -0.3 is 9.84 Å². The number of methoxy groups -OCH3 is 1. The molecule has 1 aromatic carbocycles. The number of aromatic carboxylic acids is 1. The number of carboxylic acids is 1. The van der Waals surface area contributed by atoms with Crippen molar-refractivity contribution in [1.29, 1.82) is 0 Å². The molecule has 0 fully saturated rings. The first-order chi connectivity index (χ1) is 8.42. The molecule has 0 amide bonds. The summed E-state index contributed by atoms with van der Waals surface area (Å²) in [6.45, 7) is 3.44. The molecule has 0 radical (unpaired) electrons. The molecule has 0 aromatic heterocycles. The number of sulfonamides is 1. The Labute approximate surface area is 105 Å². The molecule has 0 aliphatic carbocycles. The van der Waals surface area contributed by atoms with E-state index in [1.165, 1.54) is 25.3 Å². The third kappa shape index (κ3) is 3.08. The second-order valence-corrected chi connectivity index (χ2v) is 5.05. The molecule has 0 heterocycles. The van der Waals surface area contributed by atoms with E-state index in [-0.39, 0.29) is 22.8 Å². The number of hydrogen-bond acceptors (Lipinski definition) is 4. The highest BCUT2D eigenvalue weighted by Crippen LogP contribution is 2.24. The van der Waals surface area contributed by atoms with Crippen molar-refractivity contribution in [3.05, 3.63) is 36.4 Å². The smallest absolute Gasteiger partial charge is 0.335 e. The van der Waals surface area contributed by atoms with Gasteiger partial charge in [0, 0.05) is 6.54 Å². The number of nitrogens with one attached hydrogen (secondary N) is 1. The molecule has 0 aliphatic heterocycles. The van der Waals surface area contributed by atoms with Gasteiger partial charge in [-0.3, -0.25) is 0 Å². The minimum Gasteiger partial charge on any atom is -0.495 e. The Morgan fingerprint density at radius 1 is 1.56 bits per heavy atom. The van der Waals surface area contributed by atoms with Gasteiger partial charge in [-0.1, -0.05) is 6.08 Å². The van der Waals surface area contributed by atoms with Crippen LogP contribution < -0.4 is 9.46 Å². The molecule has 18 heavy (non-hydrogen) atoms. The lowest BCUT2D eigenvalue weighted by atomic mass is 10.2. The first kappa shape index (κ1) is 14.2. The van der Waals surface area contributed by atoms with Crippen LogP contribution in [-0.2, 0) is 10.0 Å². The molecule has 1 rings (SSSR count). The average molecular weight is 271 g/mol. The molecular formula is C11H13NO5S. The molecule has 1 aromatic rings. The molecule has 98 valence electrons. The Balaban J connectivity index is 3.31. The van der Waals surface area contributed by atoms with Crippen molar-refractivity contribution in [3.63, 3.8) is 0 Å². The van der Waals surface area contributed by atoms with Crippen LogP contribution in [-0.4, -0.2) is 33.1 Å². The van der Waals surface area contributed by atoms with E-state index in [0.717, 1.165) is 6.07 Å². The van der Waals surface area contributed by atoms with Crippen molar-refractivity contribution < 1.29 is 23.1 Å². The second kappa shape index (κ2) is 5.65. The number of hydrogen-bond donors (Lipinski definition) is 2. The van der Waals surface area contributed by atoms with E-state index in [1.54, 1.807) is 0 Å². The lowest BCUT2D eigenvalue weighted by Gasteiger charge is -2.10. The number of carbonyl (C=O) groups is 1. The lowest BCUT2D eigenvalue weighted by molar-refractivity contribution is 0.0696. The van der Waals surface area contributed by atoms with Gasteiger partial charge in [-0.2, -0.15) is 0 Å². The fraction of sp³-hybridized carbons (Fsp3) is 0.182. The Morgan fingerprint density at radius 2 is 2.22 bits per heavy atom. The summed E-state index contributed by atoms with van der Waals surface area (Å²) in [6.07, 6.45) is 1.38. The quantitative estimate of drug-likeness (QED) is 0.748. The van der Waals surface area contributed by atoms with Crippen LogP contribution in [0.3, 0.4) is 0 Å². The van der Waals surface area contributed by atoms with Gasteiger partial charge in [0.25, 0.3) is 0 Å². The van der Waals surface area contributed by atoms with E-state index in [2.05, 4.69) is 11.3 Å². The molecule has 0 unspecified atom stereocenters. The minimum atomic E-state index is -3.83. The van der Waals surface area contributed by atoms with Gasteiger partial charge in [0.2, 0.25) is 10.0 Å². The van der Waals surface area contributed by atoms with Gasteiger partial charge in [-0.05, 0) is 18.2 Å². The van der Waals surface area contributed by atoms with Crippen LogP contribution in [0.1, 0.15) is 10.4 Å². The third-order valence-corrected chi connectivity index (χ3v) is 3.56. The summed E-state index contributed by atoms with van der Waals surface area (Å²) in [4.78, 5) is 10.6. The maximum Gasteiger partial charge on any atom is 0.335 e. The second-order valence-electron chi connectivity index (χ2n) is 3.31. The van der Waals surface area contributed by atoms with E-state index >= 15 is 0 Å². The highest BCUT2D eigenvalue weighted by Gasteiger charge is 2.20. The highest BCUT2D eigenvalue weighted by molar-refractivity contribution is 7.89. The predicted octanol–water partition coefficient (Wildman–Crippen LogP) is 0.858. The zero-order chi connectivity index (χ0) is 13.8. The first-order valence-electron chi connectivity index (χ1n) is 4.94. The van der Waals surface area contributed by atoms with Crippen molar-refractivity contribution in [3.8, 4) is 5.75 Å². The minimum absolute atomic E-state index is 0.0444. The summed E-state index contributed by atoms with van der Waals surface area (Å²) < 4.78 is 31.0. The van der Waals surface area contributed by atoms with Gasteiger partial charge in [-0.15, -0.1) is 6.58 Å². The normalized spacial score (nSPS) is 10.9. The molecule has 0 spiro atoms. The standard InChI is InChI=1S/C11H13NO5S/c1-3-6-12-18(15,16)10-7-8(11(13)14)4-5-9(10)17-2/h3-5,7,12H,1,6H2,2H3,(H,13,14). The van der Waals surface area contributed by atoms with Gasteiger partial charge in [0.05, 0.1) is 12.7 Å². The van der Waals surface area contributed by atoms with Crippen LogP contribution in [0.5, 0.6) is 5.75 Å². The Kier molecular flexibility index (Phi) is 4.46. The molecule has 2 N–H and O–H groups in total. The zero-order valence-electron chi connectivity index (χ0n) is 9.71. The summed E-state index contributed by atoms with van der Waals surface area (Å²) in [5, 5.41) is 8.84. The van der Waals surface area contributed by atoms with Gasteiger partial charge in [-0.25, -0.2) is 17.9 Å². The first-order valence-corrected chi connectivity index (χ1v) is 6.42. The fourth-order valence-electron chi connectivity index (χ4n) is 1.27. The highest BCUT2D eigenvalue weighted by atomic mass is 32.2. The summed E-state index contributed by atoms with van der Waals surface area (Å²) in [5.41, 5.74) is -0.130. The molecule has 0 saturated heterocycles. The zero-order valence-corrected chi connectivity index (χ0v) is 10.5. The number of ether oxygens (including phenoxy) is 1. The van der Waals surface area contributed by atoms with E-state index in [0.29, 0.717) is 0 Å². The van der Waals surface area contributed by atoms with Crippen LogP contribution in [0.2, 0.25) is 0 Å². The van der Waals surface area contributed by atoms with Gasteiger partial charge in [0.15, 0.2) is 0 Å². The monoisotopic (exact) mass is 271 g/mol. The largest absolute Gasteiger partial charge is 0.495 e. The molecule has 0 bridgehead atoms. The molecule has 0 atom stereocenters. The SMILES string of the molecule is C=CCNS(=O)(=O)c1cc(C(=O)O)ccc1OC. The summed E-state index contributed by atoms with van der Waals surface area (Å²) in [7, 11) is -2.52. The summed E-state index contributed by atoms with van der Waals surface area (Å²) >= 11 is 0. The van der Waals surface area contributed by atoms with Crippen molar-refractivity contribution in [2.24, 2.45) is 0 Å². The number of rotatable bonds is 6. The number of benzene rings is 1. The van der Waals surface area contributed by atoms with Crippen molar-refractivity contribution in [2.75, 3.05) is 13.7 Å². The van der Waals surface area contributed by atoms with Crippen molar-refractivity contribution in [1.82, 2.24) is 4.72 Å². The topological polar surface area (TPSA) is 92.7 Å². The van der Waals surface area contributed by atoms with Crippen LogP contribution in [0.15, 0.2) is 35.7 Å². The third-order valence-electron chi connectivity index (χ3n) is 2.12. The molecular weight excluding hydrogens is 258 g/mol. The average Bonchev–Trinajstić information content (AvgIpc) is 2.35. The summed E-state index contributed by atoms with van der Waals surface area (Å²) in [6, 6.07) is 3.62. The Hall–Kier alpha value is -1.86. The fourth-order valence-corrected chi connectivity index (χ4v) is 2.46. The molecule has 0 saturated carbocycles. The van der Waals surface area contributed by atoms with Gasteiger partial charge >= 0.3 is 5.97 Å². The Bertz CT molecular complexity index is 565. The van der Waals surface area contributed by atoms with Crippen LogP contribution in [0.25, 0.3) is 0 Å². The van der Waals surface area contributed by atoms with Crippen LogP contribution >= 0.6 is 0 Å². The molecule has 0 aliphatic rings. The van der Waals surface area contributed by atoms with Gasteiger partial charge in [0.1, 0.15) is 10.6 Å². The van der Waals surface area contributed by atoms with Crippen LogP contribution in [0.4, 0.5) is 0 Å². The van der Waals surface area contributed by atoms with E-state index < -0.39 is 16.0 Å². The molecule has 6 nitrogen and oxygen atoms in total. The Morgan fingerprint density at radius 3 is 2.72 bits per heavy atom. The lowest BCUT2D eigenvalue weighted by Crippen LogP contribution is -2.24. The maximum atomic E-state index is 11.9.